The molecule has 0 amide bonds. The summed E-state index contributed by atoms with van der Waals surface area (Å²) in [5.74, 6) is 1.47. The first-order valence-electron chi connectivity index (χ1n) is 5.14. The molecule has 0 N–H and O–H groups in total. The van der Waals surface area contributed by atoms with Crippen molar-refractivity contribution in [2.75, 3.05) is 18.5 Å². The van der Waals surface area contributed by atoms with Gasteiger partial charge in [0, 0.05) is 19.7 Å². The second kappa shape index (κ2) is 5.30. The van der Waals surface area contributed by atoms with E-state index in [0.717, 1.165) is 25.2 Å². The van der Waals surface area contributed by atoms with Crippen LogP contribution in [0.2, 0.25) is 0 Å². The summed E-state index contributed by atoms with van der Waals surface area (Å²) in [6.07, 6.45) is 2.28. The van der Waals surface area contributed by atoms with Crippen molar-refractivity contribution in [2.24, 2.45) is 0 Å². The van der Waals surface area contributed by atoms with Crippen LogP contribution in [0.25, 0.3) is 0 Å². The molecular weight excluding hydrogens is 188 g/mol. The Kier molecular flexibility index (Phi) is 4.04. The molecule has 0 fully saturated rings. The molecule has 0 aliphatic carbocycles. The molecule has 0 aliphatic rings. The third kappa shape index (κ3) is 3.21. The summed E-state index contributed by atoms with van der Waals surface area (Å²) >= 11 is 0. The Bertz CT molecular complexity index is 367. The van der Waals surface area contributed by atoms with Crippen LogP contribution in [0.15, 0.2) is 6.07 Å². The lowest BCUT2D eigenvalue weighted by Crippen LogP contribution is -2.20. The van der Waals surface area contributed by atoms with Crippen molar-refractivity contribution in [1.29, 1.82) is 5.26 Å². The number of anilines is 1. The minimum absolute atomic E-state index is 0.431. The van der Waals surface area contributed by atoms with Gasteiger partial charge in [0.15, 0.2) is 0 Å². The monoisotopic (exact) mass is 204 g/mol. The maximum Gasteiger partial charge on any atom is 0.146 e. The Morgan fingerprint density at radius 2 is 2.20 bits per heavy atom. The van der Waals surface area contributed by atoms with Crippen LogP contribution in [0.1, 0.15) is 31.3 Å². The molecule has 1 aromatic heterocycles. The van der Waals surface area contributed by atoms with Gasteiger partial charge in [0.25, 0.3) is 0 Å². The quantitative estimate of drug-likeness (QED) is 0.751. The Balaban J connectivity index is 2.84. The summed E-state index contributed by atoms with van der Waals surface area (Å²) < 4.78 is 0. The van der Waals surface area contributed by atoms with Crippen molar-refractivity contribution < 1.29 is 0 Å². The van der Waals surface area contributed by atoms with Crippen LogP contribution in [-0.2, 0) is 0 Å². The molecule has 1 aromatic rings. The molecule has 1 rings (SSSR count). The average molecular weight is 204 g/mol. The van der Waals surface area contributed by atoms with Gasteiger partial charge in [-0.3, -0.25) is 0 Å². The lowest BCUT2D eigenvalue weighted by atomic mass is 10.3. The van der Waals surface area contributed by atoms with Gasteiger partial charge in [-0.1, -0.05) is 13.3 Å². The van der Waals surface area contributed by atoms with E-state index in [4.69, 9.17) is 5.26 Å². The normalized spacial score (nSPS) is 9.73. The molecule has 15 heavy (non-hydrogen) atoms. The van der Waals surface area contributed by atoms with Gasteiger partial charge in [-0.25, -0.2) is 9.97 Å². The number of nitrogens with zero attached hydrogens (tertiary/aromatic N) is 4. The first-order chi connectivity index (χ1) is 7.17. The standard InChI is InChI=1S/C11H16N4/c1-4-5-6-15(3)11-7-10(8-12)13-9(2)14-11/h7H,4-6H2,1-3H3. The van der Waals surface area contributed by atoms with Gasteiger partial charge in [0.05, 0.1) is 0 Å². The molecule has 1 heterocycles. The summed E-state index contributed by atoms with van der Waals surface area (Å²) in [5, 5.41) is 8.79. The van der Waals surface area contributed by atoms with E-state index in [1.807, 2.05) is 13.1 Å². The van der Waals surface area contributed by atoms with Gasteiger partial charge >= 0.3 is 0 Å². The molecule has 0 saturated carbocycles. The van der Waals surface area contributed by atoms with Crippen LogP contribution in [-0.4, -0.2) is 23.6 Å². The number of rotatable bonds is 4. The minimum atomic E-state index is 0.431. The van der Waals surface area contributed by atoms with Gasteiger partial charge in [-0.2, -0.15) is 5.26 Å². The van der Waals surface area contributed by atoms with Crippen molar-refractivity contribution in [3.63, 3.8) is 0 Å². The predicted molar refractivity (Wildman–Crippen MR) is 59.7 cm³/mol. The highest BCUT2D eigenvalue weighted by Gasteiger charge is 2.05. The molecule has 0 atom stereocenters. The topological polar surface area (TPSA) is 52.8 Å². The van der Waals surface area contributed by atoms with E-state index in [1.165, 1.54) is 0 Å². The first kappa shape index (κ1) is 11.4. The highest BCUT2D eigenvalue weighted by molar-refractivity contribution is 5.41. The van der Waals surface area contributed by atoms with Gasteiger partial charge in [-0.05, 0) is 13.3 Å². The van der Waals surface area contributed by atoms with Crippen LogP contribution < -0.4 is 4.90 Å². The number of aromatic nitrogens is 2. The maximum absolute atomic E-state index is 8.79. The zero-order valence-electron chi connectivity index (χ0n) is 9.49. The third-order valence-electron chi connectivity index (χ3n) is 2.18. The van der Waals surface area contributed by atoms with Gasteiger partial charge in [0.1, 0.15) is 23.4 Å². The highest BCUT2D eigenvalue weighted by atomic mass is 15.2. The SMILES string of the molecule is CCCCN(C)c1cc(C#N)nc(C)n1. The lowest BCUT2D eigenvalue weighted by molar-refractivity contribution is 0.756. The van der Waals surface area contributed by atoms with E-state index in [9.17, 15) is 0 Å². The molecule has 0 unspecified atom stereocenters. The molecule has 0 saturated heterocycles. The fourth-order valence-electron chi connectivity index (χ4n) is 1.31. The van der Waals surface area contributed by atoms with E-state index in [-0.39, 0.29) is 0 Å². The van der Waals surface area contributed by atoms with Crippen LogP contribution in [0.4, 0.5) is 5.82 Å². The Labute approximate surface area is 90.6 Å². The van der Waals surface area contributed by atoms with Crippen LogP contribution in [0.3, 0.4) is 0 Å². The summed E-state index contributed by atoms with van der Waals surface area (Å²) in [5.41, 5.74) is 0.431. The highest BCUT2D eigenvalue weighted by Crippen LogP contribution is 2.11. The summed E-state index contributed by atoms with van der Waals surface area (Å²) in [6, 6.07) is 3.77. The zero-order chi connectivity index (χ0) is 11.3. The molecule has 0 bridgehead atoms. The number of hydrogen-bond acceptors (Lipinski definition) is 4. The smallest absolute Gasteiger partial charge is 0.146 e. The molecule has 0 spiro atoms. The molecule has 0 aromatic carbocycles. The molecule has 0 radical (unpaired) electrons. The van der Waals surface area contributed by atoms with E-state index in [2.05, 4.69) is 21.8 Å². The van der Waals surface area contributed by atoms with Gasteiger partial charge < -0.3 is 4.90 Å². The Morgan fingerprint density at radius 3 is 2.80 bits per heavy atom. The van der Waals surface area contributed by atoms with Crippen molar-refractivity contribution in [3.8, 4) is 6.07 Å². The van der Waals surface area contributed by atoms with Crippen LogP contribution in [0.5, 0.6) is 0 Å². The lowest BCUT2D eigenvalue weighted by Gasteiger charge is -2.17. The molecule has 0 aliphatic heterocycles. The summed E-state index contributed by atoms with van der Waals surface area (Å²) in [4.78, 5) is 10.4. The number of hydrogen-bond donors (Lipinski definition) is 0. The summed E-state index contributed by atoms with van der Waals surface area (Å²) in [7, 11) is 1.98. The average Bonchev–Trinajstić information content (AvgIpc) is 2.24. The molecule has 4 heteroatoms. The number of unbranched alkanes of at least 4 members (excludes halogenated alkanes) is 1. The number of nitriles is 1. The predicted octanol–water partition coefficient (Wildman–Crippen LogP) is 1.89. The fraction of sp³-hybridized carbons (Fsp3) is 0.545. The van der Waals surface area contributed by atoms with Gasteiger partial charge in [0.2, 0.25) is 0 Å². The van der Waals surface area contributed by atoms with E-state index < -0.39 is 0 Å². The Morgan fingerprint density at radius 1 is 1.47 bits per heavy atom. The van der Waals surface area contributed by atoms with E-state index in [1.54, 1.807) is 13.0 Å². The van der Waals surface area contributed by atoms with E-state index in [0.29, 0.717) is 11.5 Å². The minimum Gasteiger partial charge on any atom is -0.360 e. The Hall–Kier alpha value is -1.63. The van der Waals surface area contributed by atoms with Crippen LogP contribution in [0, 0.1) is 18.3 Å². The van der Waals surface area contributed by atoms with Crippen molar-refractivity contribution in [2.45, 2.75) is 26.7 Å². The molecule has 4 nitrogen and oxygen atoms in total. The second-order valence-corrected chi connectivity index (χ2v) is 3.55. The van der Waals surface area contributed by atoms with Crippen molar-refractivity contribution in [3.05, 3.63) is 17.6 Å². The molecular formula is C11H16N4. The maximum atomic E-state index is 8.79. The fourth-order valence-corrected chi connectivity index (χ4v) is 1.31. The zero-order valence-corrected chi connectivity index (χ0v) is 9.49. The van der Waals surface area contributed by atoms with Crippen molar-refractivity contribution >= 4 is 5.82 Å². The first-order valence-corrected chi connectivity index (χ1v) is 5.14. The third-order valence-corrected chi connectivity index (χ3v) is 2.18. The molecule has 80 valence electrons. The second-order valence-electron chi connectivity index (χ2n) is 3.55. The van der Waals surface area contributed by atoms with E-state index >= 15 is 0 Å². The number of aryl methyl sites for hydroxylation is 1. The van der Waals surface area contributed by atoms with Crippen LogP contribution >= 0.6 is 0 Å². The van der Waals surface area contributed by atoms with Crippen molar-refractivity contribution in [1.82, 2.24) is 9.97 Å². The van der Waals surface area contributed by atoms with Gasteiger partial charge in [-0.15, -0.1) is 0 Å². The largest absolute Gasteiger partial charge is 0.360 e. The summed E-state index contributed by atoms with van der Waals surface area (Å²) in [6.45, 7) is 4.91.